The standard InChI is InChI=1S/C69H128O6/c1-4-7-10-13-16-19-22-25-28-31-33-34-36-39-42-45-48-51-54-57-60-63-69(72)75-66(64-73-67(70)61-58-55-52-49-46-43-40-37-30-27-24-21-18-15-12-9-6-3)65-74-68(71)62-59-56-53-50-47-44-41-38-35-32-29-26-23-20-17-14-11-8-5-2/h18,21,25,27-28,30,66H,4-17,19-20,22-24,26,29,31-65H2,1-3H3/b21-18-,28-25-,30-27-/t66-/m1/s1. The number of esters is 3. The third-order valence-electron chi connectivity index (χ3n) is 15.1. The summed E-state index contributed by atoms with van der Waals surface area (Å²) in [6, 6.07) is 0. The highest BCUT2D eigenvalue weighted by molar-refractivity contribution is 5.71. The first-order valence-corrected chi connectivity index (χ1v) is 33.5. The molecule has 6 heteroatoms. The molecule has 0 N–H and O–H groups in total. The topological polar surface area (TPSA) is 78.9 Å². The van der Waals surface area contributed by atoms with Crippen LogP contribution in [0.15, 0.2) is 36.5 Å². The summed E-state index contributed by atoms with van der Waals surface area (Å²) in [7, 11) is 0. The second kappa shape index (κ2) is 64.2. The zero-order valence-corrected chi connectivity index (χ0v) is 50.6. The maximum Gasteiger partial charge on any atom is 0.306 e. The Morgan fingerprint density at radius 3 is 0.773 bits per heavy atom. The highest BCUT2D eigenvalue weighted by Crippen LogP contribution is 2.18. The van der Waals surface area contributed by atoms with E-state index in [1.165, 1.54) is 257 Å². The molecule has 75 heavy (non-hydrogen) atoms. The number of allylic oxidation sites excluding steroid dienone is 6. The van der Waals surface area contributed by atoms with Crippen LogP contribution in [-0.2, 0) is 28.6 Å². The average molecular weight is 1050 g/mol. The Kier molecular flexibility index (Phi) is 62.1. The SMILES string of the molecule is CCCCC/C=C\C/C=C\CCCCCCCCCC(=O)OC[C@H](COC(=O)CCCCCCCCCCCCCCCCCCCCC)OC(=O)CCCCCCCCCCCCC/C=C\CCCCCCCC. The molecule has 0 aromatic carbocycles. The Labute approximate surface area is 467 Å². The van der Waals surface area contributed by atoms with Gasteiger partial charge in [-0.1, -0.05) is 308 Å². The summed E-state index contributed by atoms with van der Waals surface area (Å²) in [6.07, 6.45) is 78.6. The fraction of sp³-hybridized carbons (Fsp3) is 0.870. The van der Waals surface area contributed by atoms with Crippen LogP contribution in [0.2, 0.25) is 0 Å². The molecule has 0 unspecified atom stereocenters. The zero-order valence-electron chi connectivity index (χ0n) is 50.6. The third kappa shape index (κ3) is 62.4. The molecule has 0 fully saturated rings. The van der Waals surface area contributed by atoms with Crippen LogP contribution in [0.5, 0.6) is 0 Å². The molecule has 0 aromatic heterocycles. The highest BCUT2D eigenvalue weighted by Gasteiger charge is 2.19. The van der Waals surface area contributed by atoms with Crippen molar-refractivity contribution in [1.82, 2.24) is 0 Å². The molecule has 0 aliphatic heterocycles. The molecule has 0 aliphatic rings. The molecule has 0 amide bonds. The normalized spacial score (nSPS) is 12.2. The van der Waals surface area contributed by atoms with Crippen LogP contribution in [0.1, 0.15) is 367 Å². The van der Waals surface area contributed by atoms with E-state index in [9.17, 15) is 14.4 Å². The van der Waals surface area contributed by atoms with Gasteiger partial charge in [0.15, 0.2) is 6.10 Å². The monoisotopic (exact) mass is 1050 g/mol. The summed E-state index contributed by atoms with van der Waals surface area (Å²) in [5.74, 6) is -0.852. The van der Waals surface area contributed by atoms with E-state index in [2.05, 4.69) is 57.2 Å². The lowest BCUT2D eigenvalue weighted by Gasteiger charge is -2.18. The van der Waals surface area contributed by atoms with Gasteiger partial charge in [-0.3, -0.25) is 14.4 Å². The van der Waals surface area contributed by atoms with E-state index in [4.69, 9.17) is 14.2 Å². The van der Waals surface area contributed by atoms with E-state index in [1.807, 2.05) is 0 Å². The van der Waals surface area contributed by atoms with Crippen LogP contribution in [0, 0.1) is 0 Å². The van der Waals surface area contributed by atoms with Crippen LogP contribution in [0.3, 0.4) is 0 Å². The van der Waals surface area contributed by atoms with Gasteiger partial charge in [-0.15, -0.1) is 0 Å². The van der Waals surface area contributed by atoms with Crippen molar-refractivity contribution >= 4 is 17.9 Å². The van der Waals surface area contributed by atoms with Gasteiger partial charge in [0, 0.05) is 19.3 Å². The number of hydrogen-bond donors (Lipinski definition) is 0. The maximum absolute atomic E-state index is 12.9. The predicted molar refractivity (Wildman–Crippen MR) is 326 cm³/mol. The predicted octanol–water partition coefficient (Wildman–Crippen LogP) is 22.8. The lowest BCUT2D eigenvalue weighted by Crippen LogP contribution is -2.30. The second-order valence-corrected chi connectivity index (χ2v) is 22.7. The second-order valence-electron chi connectivity index (χ2n) is 22.7. The number of ether oxygens (including phenoxy) is 3. The highest BCUT2D eigenvalue weighted by atomic mass is 16.6. The van der Waals surface area contributed by atoms with Gasteiger partial charge in [0.05, 0.1) is 0 Å². The Balaban J connectivity index is 4.33. The number of rotatable bonds is 62. The van der Waals surface area contributed by atoms with Gasteiger partial charge in [-0.25, -0.2) is 0 Å². The number of carbonyl (C=O) groups is 3. The molecule has 6 nitrogen and oxygen atoms in total. The summed E-state index contributed by atoms with van der Waals surface area (Å²) in [6.45, 7) is 6.67. The molecule has 0 aliphatic carbocycles. The van der Waals surface area contributed by atoms with E-state index in [1.54, 1.807) is 0 Å². The van der Waals surface area contributed by atoms with Gasteiger partial charge >= 0.3 is 17.9 Å². The van der Waals surface area contributed by atoms with Crippen molar-refractivity contribution in [2.24, 2.45) is 0 Å². The van der Waals surface area contributed by atoms with Crippen molar-refractivity contribution < 1.29 is 28.6 Å². The first-order valence-electron chi connectivity index (χ1n) is 33.5. The molecule has 440 valence electrons. The molecule has 0 saturated heterocycles. The van der Waals surface area contributed by atoms with Gasteiger partial charge in [0.25, 0.3) is 0 Å². The summed E-state index contributed by atoms with van der Waals surface area (Å²) < 4.78 is 17.0. The molecule has 0 rings (SSSR count). The minimum atomic E-state index is -0.774. The molecule has 1 atom stereocenters. The zero-order chi connectivity index (χ0) is 54.3. The van der Waals surface area contributed by atoms with Crippen LogP contribution < -0.4 is 0 Å². The van der Waals surface area contributed by atoms with E-state index in [-0.39, 0.29) is 31.1 Å². The molecule has 0 heterocycles. The Hall–Kier alpha value is -2.37. The summed E-state index contributed by atoms with van der Waals surface area (Å²) in [5, 5.41) is 0. The van der Waals surface area contributed by atoms with Crippen LogP contribution in [0.25, 0.3) is 0 Å². The van der Waals surface area contributed by atoms with Gasteiger partial charge in [0.2, 0.25) is 0 Å². The van der Waals surface area contributed by atoms with Crippen molar-refractivity contribution in [3.05, 3.63) is 36.5 Å². The van der Waals surface area contributed by atoms with Gasteiger partial charge in [-0.2, -0.15) is 0 Å². The van der Waals surface area contributed by atoms with E-state index >= 15 is 0 Å². The summed E-state index contributed by atoms with van der Waals surface area (Å²) >= 11 is 0. The molecular formula is C69H128O6. The molecule has 0 aromatic rings. The van der Waals surface area contributed by atoms with Gasteiger partial charge in [0.1, 0.15) is 13.2 Å². The lowest BCUT2D eigenvalue weighted by atomic mass is 10.0. The molecule has 0 bridgehead atoms. The van der Waals surface area contributed by atoms with Crippen molar-refractivity contribution in [1.29, 1.82) is 0 Å². The Bertz CT molecular complexity index is 1250. The summed E-state index contributed by atoms with van der Waals surface area (Å²) in [5.41, 5.74) is 0. The van der Waals surface area contributed by atoms with E-state index < -0.39 is 6.10 Å². The number of unbranched alkanes of at least 4 members (excludes halogenated alkanes) is 45. The average Bonchev–Trinajstić information content (AvgIpc) is 3.41. The van der Waals surface area contributed by atoms with Crippen molar-refractivity contribution in [2.75, 3.05) is 13.2 Å². The number of hydrogen-bond acceptors (Lipinski definition) is 6. The molecule has 0 radical (unpaired) electrons. The minimum absolute atomic E-state index is 0.0701. The fourth-order valence-corrected chi connectivity index (χ4v) is 10.1. The number of carbonyl (C=O) groups excluding carboxylic acids is 3. The van der Waals surface area contributed by atoms with E-state index in [0.717, 1.165) is 70.6 Å². The van der Waals surface area contributed by atoms with Crippen molar-refractivity contribution in [3.63, 3.8) is 0 Å². The first kappa shape index (κ1) is 72.6. The summed E-state index contributed by atoms with van der Waals surface area (Å²) in [4.78, 5) is 38.4. The largest absolute Gasteiger partial charge is 0.462 e. The minimum Gasteiger partial charge on any atom is -0.462 e. The van der Waals surface area contributed by atoms with Crippen LogP contribution in [0.4, 0.5) is 0 Å². The van der Waals surface area contributed by atoms with Crippen LogP contribution >= 0.6 is 0 Å². The smallest absolute Gasteiger partial charge is 0.306 e. The molecular weight excluding hydrogens is 925 g/mol. The van der Waals surface area contributed by atoms with Crippen molar-refractivity contribution in [2.45, 2.75) is 374 Å². The third-order valence-corrected chi connectivity index (χ3v) is 15.1. The van der Waals surface area contributed by atoms with Crippen LogP contribution in [-0.4, -0.2) is 37.2 Å². The molecule has 0 saturated carbocycles. The lowest BCUT2D eigenvalue weighted by molar-refractivity contribution is -0.167. The Morgan fingerprint density at radius 2 is 0.480 bits per heavy atom. The molecule has 0 spiro atoms. The van der Waals surface area contributed by atoms with Gasteiger partial charge in [-0.05, 0) is 77.0 Å². The maximum atomic E-state index is 12.9. The fourth-order valence-electron chi connectivity index (χ4n) is 10.1. The van der Waals surface area contributed by atoms with Crippen molar-refractivity contribution in [3.8, 4) is 0 Å². The van der Waals surface area contributed by atoms with Gasteiger partial charge < -0.3 is 14.2 Å². The first-order chi connectivity index (χ1) is 37.0. The van der Waals surface area contributed by atoms with E-state index in [0.29, 0.717) is 19.3 Å². The Morgan fingerprint density at radius 1 is 0.267 bits per heavy atom. The quantitative estimate of drug-likeness (QED) is 0.0261.